The maximum absolute atomic E-state index is 12.2. The third-order valence-electron chi connectivity index (χ3n) is 4.51. The van der Waals surface area contributed by atoms with Crippen molar-refractivity contribution in [3.63, 3.8) is 0 Å². The van der Waals surface area contributed by atoms with Crippen LogP contribution >= 0.6 is 0 Å². The van der Waals surface area contributed by atoms with Gasteiger partial charge in [-0.1, -0.05) is 36.8 Å². The number of quaternary nitrogens is 1. The van der Waals surface area contributed by atoms with Crippen LogP contribution in [-0.2, 0) is 11.3 Å². The Hall–Kier alpha value is -1.35. The number of rotatable bonds is 4. The Labute approximate surface area is 122 Å². The number of amides is 1. The van der Waals surface area contributed by atoms with Crippen LogP contribution in [0.2, 0.25) is 0 Å². The third kappa shape index (κ3) is 4.07. The number of piperidine rings is 1. The van der Waals surface area contributed by atoms with E-state index in [9.17, 15) is 4.79 Å². The van der Waals surface area contributed by atoms with E-state index in [1.807, 2.05) is 0 Å². The minimum atomic E-state index is 0.0629. The SMILES string of the molecule is Cc1ccc(CNC(=O)[C@H](C)[NH+]2CCC(C)CC2)cc1. The molecule has 0 saturated carbocycles. The largest absolute Gasteiger partial charge is 0.347 e. The lowest BCUT2D eigenvalue weighted by Crippen LogP contribution is -3.17. The molecule has 0 bridgehead atoms. The first-order valence-electron chi connectivity index (χ1n) is 7.74. The van der Waals surface area contributed by atoms with Crippen LogP contribution in [0.25, 0.3) is 0 Å². The fourth-order valence-electron chi connectivity index (χ4n) is 2.80. The van der Waals surface area contributed by atoms with Crippen LogP contribution in [0, 0.1) is 12.8 Å². The standard InChI is InChI=1S/C17H26N2O/c1-13-4-6-16(7-5-13)12-18-17(20)15(3)19-10-8-14(2)9-11-19/h4-7,14-15H,8-12H2,1-3H3,(H,18,20)/p+1/t15-/m0/s1. The van der Waals surface area contributed by atoms with E-state index >= 15 is 0 Å². The van der Waals surface area contributed by atoms with Gasteiger partial charge in [-0.15, -0.1) is 0 Å². The molecule has 20 heavy (non-hydrogen) atoms. The van der Waals surface area contributed by atoms with Crippen LogP contribution < -0.4 is 10.2 Å². The van der Waals surface area contributed by atoms with Crippen LogP contribution in [0.5, 0.6) is 0 Å². The molecule has 0 aromatic heterocycles. The second-order valence-electron chi connectivity index (χ2n) is 6.27. The molecule has 2 N–H and O–H groups in total. The van der Waals surface area contributed by atoms with Gasteiger partial charge in [-0.05, 0) is 38.2 Å². The van der Waals surface area contributed by atoms with Gasteiger partial charge in [0.2, 0.25) is 0 Å². The summed E-state index contributed by atoms with van der Waals surface area (Å²) in [4.78, 5) is 13.7. The topological polar surface area (TPSA) is 33.5 Å². The van der Waals surface area contributed by atoms with Gasteiger partial charge < -0.3 is 10.2 Å². The number of hydrogen-bond acceptors (Lipinski definition) is 1. The molecule has 2 rings (SSSR count). The minimum Gasteiger partial charge on any atom is -0.347 e. The van der Waals surface area contributed by atoms with Crippen molar-refractivity contribution in [2.45, 2.75) is 46.2 Å². The van der Waals surface area contributed by atoms with Crippen molar-refractivity contribution >= 4 is 5.91 Å². The Morgan fingerprint density at radius 1 is 1.30 bits per heavy atom. The van der Waals surface area contributed by atoms with Gasteiger partial charge in [0, 0.05) is 6.54 Å². The normalized spacial score (nSPS) is 24.1. The first-order valence-corrected chi connectivity index (χ1v) is 7.74. The van der Waals surface area contributed by atoms with E-state index in [2.05, 4.69) is 50.4 Å². The van der Waals surface area contributed by atoms with Gasteiger partial charge in [0.1, 0.15) is 0 Å². The Morgan fingerprint density at radius 2 is 1.90 bits per heavy atom. The molecule has 0 aliphatic carbocycles. The number of carbonyl (C=O) groups is 1. The van der Waals surface area contributed by atoms with Crippen molar-refractivity contribution in [2.75, 3.05) is 13.1 Å². The van der Waals surface area contributed by atoms with Crippen LogP contribution in [-0.4, -0.2) is 25.0 Å². The molecule has 1 saturated heterocycles. The number of aryl methyl sites for hydroxylation is 1. The number of hydrogen-bond donors (Lipinski definition) is 2. The zero-order chi connectivity index (χ0) is 14.5. The number of carbonyl (C=O) groups excluding carboxylic acids is 1. The quantitative estimate of drug-likeness (QED) is 0.853. The summed E-state index contributed by atoms with van der Waals surface area (Å²) in [5, 5.41) is 3.07. The molecule has 110 valence electrons. The highest BCUT2D eigenvalue weighted by molar-refractivity contribution is 5.79. The monoisotopic (exact) mass is 275 g/mol. The zero-order valence-corrected chi connectivity index (χ0v) is 12.9. The second kappa shape index (κ2) is 6.89. The van der Waals surface area contributed by atoms with Crippen molar-refractivity contribution in [3.05, 3.63) is 35.4 Å². The minimum absolute atomic E-state index is 0.0629. The average Bonchev–Trinajstić information content (AvgIpc) is 2.46. The molecule has 1 fully saturated rings. The van der Waals surface area contributed by atoms with Crippen molar-refractivity contribution in [3.8, 4) is 0 Å². The molecule has 1 atom stereocenters. The first kappa shape index (κ1) is 15.0. The summed E-state index contributed by atoms with van der Waals surface area (Å²) in [5.41, 5.74) is 2.42. The summed E-state index contributed by atoms with van der Waals surface area (Å²) >= 11 is 0. The highest BCUT2D eigenvalue weighted by Gasteiger charge is 2.28. The van der Waals surface area contributed by atoms with Crippen molar-refractivity contribution in [2.24, 2.45) is 5.92 Å². The van der Waals surface area contributed by atoms with Crippen LogP contribution in [0.4, 0.5) is 0 Å². The Morgan fingerprint density at radius 3 is 2.50 bits per heavy atom. The summed E-state index contributed by atoms with van der Waals surface area (Å²) in [5.74, 6) is 0.997. The van der Waals surface area contributed by atoms with Gasteiger partial charge in [0.25, 0.3) is 5.91 Å². The van der Waals surface area contributed by atoms with E-state index in [0.717, 1.165) is 19.0 Å². The molecule has 1 aliphatic heterocycles. The molecule has 1 aliphatic rings. The lowest BCUT2D eigenvalue weighted by molar-refractivity contribution is -0.920. The molecule has 1 aromatic rings. The molecule has 0 spiro atoms. The van der Waals surface area contributed by atoms with E-state index in [-0.39, 0.29) is 11.9 Å². The summed E-state index contributed by atoms with van der Waals surface area (Å²) in [6.07, 6.45) is 2.48. The fourth-order valence-corrected chi connectivity index (χ4v) is 2.80. The van der Waals surface area contributed by atoms with E-state index in [4.69, 9.17) is 0 Å². The van der Waals surface area contributed by atoms with Gasteiger partial charge in [-0.3, -0.25) is 4.79 Å². The molecule has 0 unspecified atom stereocenters. The van der Waals surface area contributed by atoms with Crippen molar-refractivity contribution in [1.82, 2.24) is 5.32 Å². The smallest absolute Gasteiger partial charge is 0.278 e. The average molecular weight is 275 g/mol. The van der Waals surface area contributed by atoms with E-state index in [1.54, 1.807) is 0 Å². The number of likely N-dealkylation sites (tertiary alicyclic amines) is 1. The maximum Gasteiger partial charge on any atom is 0.278 e. The van der Waals surface area contributed by atoms with Crippen LogP contribution in [0.15, 0.2) is 24.3 Å². The summed E-state index contributed by atoms with van der Waals surface area (Å²) in [6.45, 7) is 9.31. The van der Waals surface area contributed by atoms with Crippen LogP contribution in [0.3, 0.4) is 0 Å². The lowest BCUT2D eigenvalue weighted by Gasteiger charge is -2.31. The molecule has 3 nitrogen and oxygen atoms in total. The molecular formula is C17H27N2O+. The summed E-state index contributed by atoms with van der Waals surface area (Å²) < 4.78 is 0. The Kier molecular flexibility index (Phi) is 5.18. The molecule has 1 aromatic carbocycles. The van der Waals surface area contributed by atoms with E-state index in [0.29, 0.717) is 6.54 Å². The molecule has 0 radical (unpaired) electrons. The highest BCUT2D eigenvalue weighted by atomic mass is 16.2. The molecular weight excluding hydrogens is 248 g/mol. The number of benzene rings is 1. The Balaban J connectivity index is 1.80. The van der Waals surface area contributed by atoms with Gasteiger partial charge in [-0.25, -0.2) is 0 Å². The molecule has 1 amide bonds. The highest BCUT2D eigenvalue weighted by Crippen LogP contribution is 2.07. The van der Waals surface area contributed by atoms with Crippen LogP contribution in [0.1, 0.15) is 37.8 Å². The maximum atomic E-state index is 12.2. The van der Waals surface area contributed by atoms with Gasteiger partial charge in [0.15, 0.2) is 6.04 Å². The third-order valence-corrected chi connectivity index (χ3v) is 4.51. The van der Waals surface area contributed by atoms with Crippen molar-refractivity contribution < 1.29 is 9.69 Å². The van der Waals surface area contributed by atoms with E-state index < -0.39 is 0 Å². The predicted octanol–water partition coefficient (Wildman–Crippen LogP) is 1.31. The molecule has 3 heteroatoms. The zero-order valence-electron chi connectivity index (χ0n) is 12.9. The summed E-state index contributed by atoms with van der Waals surface area (Å²) in [6, 6.07) is 8.39. The van der Waals surface area contributed by atoms with Gasteiger partial charge in [-0.2, -0.15) is 0 Å². The second-order valence-corrected chi connectivity index (χ2v) is 6.27. The Bertz CT molecular complexity index is 433. The first-order chi connectivity index (χ1) is 9.56. The summed E-state index contributed by atoms with van der Waals surface area (Å²) in [7, 11) is 0. The lowest BCUT2D eigenvalue weighted by atomic mass is 9.98. The fraction of sp³-hybridized carbons (Fsp3) is 0.588. The van der Waals surface area contributed by atoms with Gasteiger partial charge in [0.05, 0.1) is 13.1 Å². The predicted molar refractivity (Wildman–Crippen MR) is 81.6 cm³/mol. The van der Waals surface area contributed by atoms with E-state index in [1.165, 1.54) is 28.9 Å². The number of nitrogens with one attached hydrogen (secondary N) is 2. The molecule has 1 heterocycles. The van der Waals surface area contributed by atoms with Gasteiger partial charge >= 0.3 is 0 Å². The van der Waals surface area contributed by atoms with Crippen molar-refractivity contribution in [1.29, 1.82) is 0 Å².